The van der Waals surface area contributed by atoms with Crippen molar-refractivity contribution in [1.29, 1.82) is 0 Å². The predicted octanol–water partition coefficient (Wildman–Crippen LogP) is 0.181. The van der Waals surface area contributed by atoms with Crippen molar-refractivity contribution in [2.24, 2.45) is 5.92 Å². The van der Waals surface area contributed by atoms with Gasteiger partial charge in [-0.05, 0) is 25.3 Å². The maximum atomic E-state index is 11.9. The van der Waals surface area contributed by atoms with Crippen molar-refractivity contribution >= 4 is 11.7 Å². The summed E-state index contributed by atoms with van der Waals surface area (Å²) in [6.45, 7) is 4.43. The summed E-state index contributed by atoms with van der Waals surface area (Å²) < 4.78 is 1.53. The van der Waals surface area contributed by atoms with Crippen LogP contribution < -0.4 is 5.32 Å². The first-order valence-electron chi connectivity index (χ1n) is 6.19. The molecule has 1 unspecified atom stereocenters. The maximum Gasteiger partial charge on any atom is 0.291 e. The third kappa shape index (κ3) is 3.05. The van der Waals surface area contributed by atoms with Gasteiger partial charge in [-0.1, -0.05) is 6.92 Å². The zero-order valence-corrected chi connectivity index (χ0v) is 11.0. The number of nitrogens with zero attached hydrogens (tertiary/aromatic N) is 4. The average Bonchev–Trinajstić information content (AvgIpc) is 2.82. The summed E-state index contributed by atoms with van der Waals surface area (Å²) in [7, 11) is 0. The molecule has 2 heterocycles. The number of carbonyl (C=O) groups excluding carboxylic acids is 1. The number of hydrogen-bond acceptors (Lipinski definition) is 5. The van der Waals surface area contributed by atoms with E-state index in [0.29, 0.717) is 18.7 Å². The molecular weight excluding hydrogens is 246 g/mol. The molecule has 0 saturated carbocycles. The molecule has 0 aromatic carbocycles. The van der Waals surface area contributed by atoms with E-state index in [1.807, 2.05) is 13.8 Å². The number of hydrogen-bond donors (Lipinski definition) is 2. The highest BCUT2D eigenvalue weighted by Gasteiger charge is 2.14. The molecule has 0 bridgehead atoms. The monoisotopic (exact) mass is 263 g/mol. The van der Waals surface area contributed by atoms with E-state index in [-0.39, 0.29) is 24.3 Å². The fraction of sp³-hybridized carbons (Fsp3) is 0.500. The van der Waals surface area contributed by atoms with Crippen LogP contribution in [0.2, 0.25) is 0 Å². The Labute approximate surface area is 110 Å². The molecule has 0 saturated heterocycles. The van der Waals surface area contributed by atoms with Gasteiger partial charge in [0.1, 0.15) is 0 Å². The van der Waals surface area contributed by atoms with E-state index in [9.17, 15) is 4.79 Å². The second-order valence-electron chi connectivity index (χ2n) is 4.56. The number of aliphatic hydroxyl groups excluding tert-OH is 1. The molecule has 0 spiro atoms. The molecule has 2 aromatic rings. The molecule has 0 fully saturated rings. The summed E-state index contributed by atoms with van der Waals surface area (Å²) in [4.78, 5) is 20.0. The second-order valence-corrected chi connectivity index (χ2v) is 4.56. The van der Waals surface area contributed by atoms with Gasteiger partial charge in [0.2, 0.25) is 5.82 Å². The lowest BCUT2D eigenvalue weighted by molar-refractivity contribution is 0.0935. The van der Waals surface area contributed by atoms with E-state index in [1.165, 1.54) is 4.52 Å². The van der Waals surface area contributed by atoms with Crippen LogP contribution in [0.5, 0.6) is 0 Å². The number of rotatable bonds is 5. The molecule has 1 amide bonds. The number of aromatic nitrogens is 4. The lowest BCUT2D eigenvalue weighted by atomic mass is 10.1. The lowest BCUT2D eigenvalue weighted by Crippen LogP contribution is -2.29. The number of amides is 1. The molecule has 0 aliphatic carbocycles. The highest BCUT2D eigenvalue weighted by molar-refractivity contribution is 5.90. The SMILES string of the molecule is Cc1ccnc2nc(C(=O)NCC(C)CCO)nn12. The Hall–Kier alpha value is -2.02. The first-order valence-corrected chi connectivity index (χ1v) is 6.19. The van der Waals surface area contributed by atoms with Crippen LogP contribution in [0.25, 0.3) is 5.78 Å². The summed E-state index contributed by atoms with van der Waals surface area (Å²) in [5.41, 5.74) is 0.866. The highest BCUT2D eigenvalue weighted by atomic mass is 16.3. The van der Waals surface area contributed by atoms with Gasteiger partial charge in [-0.2, -0.15) is 4.98 Å². The topological polar surface area (TPSA) is 92.4 Å². The smallest absolute Gasteiger partial charge is 0.291 e. The van der Waals surface area contributed by atoms with E-state index in [4.69, 9.17) is 5.11 Å². The van der Waals surface area contributed by atoms with Crippen LogP contribution in [0.3, 0.4) is 0 Å². The third-order valence-electron chi connectivity index (χ3n) is 2.87. The van der Waals surface area contributed by atoms with Crippen molar-refractivity contribution in [2.45, 2.75) is 20.3 Å². The minimum absolute atomic E-state index is 0.109. The Bertz CT molecular complexity index is 581. The Balaban J connectivity index is 2.07. The minimum Gasteiger partial charge on any atom is -0.396 e. The molecule has 102 valence electrons. The molecule has 7 nitrogen and oxygen atoms in total. The largest absolute Gasteiger partial charge is 0.396 e. The van der Waals surface area contributed by atoms with Gasteiger partial charge in [0, 0.05) is 25.0 Å². The van der Waals surface area contributed by atoms with Gasteiger partial charge in [0.25, 0.3) is 11.7 Å². The van der Waals surface area contributed by atoms with Gasteiger partial charge in [0.15, 0.2) is 0 Å². The molecule has 1 atom stereocenters. The molecule has 0 radical (unpaired) electrons. The van der Waals surface area contributed by atoms with Crippen molar-refractivity contribution in [3.63, 3.8) is 0 Å². The molecule has 0 aliphatic heterocycles. The van der Waals surface area contributed by atoms with Crippen LogP contribution in [0.1, 0.15) is 29.7 Å². The maximum absolute atomic E-state index is 11.9. The van der Waals surface area contributed by atoms with Gasteiger partial charge in [-0.25, -0.2) is 9.50 Å². The van der Waals surface area contributed by atoms with Gasteiger partial charge in [-0.3, -0.25) is 4.79 Å². The van der Waals surface area contributed by atoms with Crippen LogP contribution >= 0.6 is 0 Å². The standard InChI is InChI=1S/C12H17N5O2/c1-8(4-6-18)7-14-11(19)10-15-12-13-5-3-9(2)17(12)16-10/h3,5,8,18H,4,6-7H2,1-2H3,(H,14,19). The third-order valence-corrected chi connectivity index (χ3v) is 2.87. The molecule has 2 aromatic heterocycles. The number of carbonyl (C=O) groups is 1. The normalized spacial score (nSPS) is 12.6. The first kappa shape index (κ1) is 13.4. The summed E-state index contributed by atoms with van der Waals surface area (Å²) in [5.74, 6) is 0.409. The molecule has 19 heavy (non-hydrogen) atoms. The van der Waals surface area contributed by atoms with Crippen LogP contribution in [0, 0.1) is 12.8 Å². The lowest BCUT2D eigenvalue weighted by Gasteiger charge is -2.09. The van der Waals surface area contributed by atoms with Crippen molar-refractivity contribution < 1.29 is 9.90 Å². The quantitative estimate of drug-likeness (QED) is 0.803. The number of aryl methyl sites for hydroxylation is 1. The van der Waals surface area contributed by atoms with Gasteiger partial charge in [-0.15, -0.1) is 5.10 Å². The Morgan fingerprint density at radius 2 is 2.37 bits per heavy atom. The average molecular weight is 263 g/mol. The van der Waals surface area contributed by atoms with Crippen LogP contribution in [0.4, 0.5) is 0 Å². The number of nitrogens with one attached hydrogen (secondary N) is 1. The van der Waals surface area contributed by atoms with Crippen LogP contribution in [-0.4, -0.2) is 43.7 Å². The Morgan fingerprint density at radius 3 is 3.05 bits per heavy atom. The summed E-state index contributed by atoms with van der Waals surface area (Å²) in [6, 6.07) is 1.80. The molecule has 2 N–H and O–H groups in total. The van der Waals surface area contributed by atoms with Crippen LogP contribution in [0.15, 0.2) is 12.3 Å². The number of fused-ring (bicyclic) bond motifs is 1. The van der Waals surface area contributed by atoms with E-state index >= 15 is 0 Å². The van der Waals surface area contributed by atoms with E-state index in [1.54, 1.807) is 12.3 Å². The fourth-order valence-corrected chi connectivity index (χ4v) is 1.67. The van der Waals surface area contributed by atoms with Crippen LogP contribution in [-0.2, 0) is 0 Å². The molecule has 0 aliphatic rings. The zero-order chi connectivity index (χ0) is 13.8. The first-order chi connectivity index (χ1) is 9.11. The summed E-state index contributed by atoms with van der Waals surface area (Å²) in [6.07, 6.45) is 2.28. The Morgan fingerprint density at radius 1 is 1.58 bits per heavy atom. The summed E-state index contributed by atoms with van der Waals surface area (Å²) in [5, 5.41) is 15.7. The van der Waals surface area contributed by atoms with Crippen molar-refractivity contribution in [3.05, 3.63) is 23.8 Å². The highest BCUT2D eigenvalue weighted by Crippen LogP contribution is 2.03. The molecule has 2 rings (SSSR count). The Kier molecular flexibility index (Phi) is 4.06. The second kappa shape index (κ2) is 5.75. The summed E-state index contributed by atoms with van der Waals surface area (Å²) >= 11 is 0. The van der Waals surface area contributed by atoms with E-state index < -0.39 is 0 Å². The predicted molar refractivity (Wildman–Crippen MR) is 68.7 cm³/mol. The van der Waals surface area contributed by atoms with Gasteiger partial charge >= 0.3 is 0 Å². The van der Waals surface area contributed by atoms with E-state index in [0.717, 1.165) is 5.69 Å². The minimum atomic E-state index is -0.324. The van der Waals surface area contributed by atoms with Crippen molar-refractivity contribution in [3.8, 4) is 0 Å². The molecular formula is C12H17N5O2. The van der Waals surface area contributed by atoms with Gasteiger partial charge < -0.3 is 10.4 Å². The zero-order valence-electron chi connectivity index (χ0n) is 11.0. The number of aliphatic hydroxyl groups is 1. The van der Waals surface area contributed by atoms with Gasteiger partial charge in [0.05, 0.1) is 0 Å². The van der Waals surface area contributed by atoms with E-state index in [2.05, 4.69) is 20.4 Å². The fourth-order valence-electron chi connectivity index (χ4n) is 1.67. The van der Waals surface area contributed by atoms with Crippen molar-refractivity contribution in [2.75, 3.05) is 13.2 Å². The van der Waals surface area contributed by atoms with Crippen molar-refractivity contribution in [1.82, 2.24) is 24.9 Å². The molecule has 7 heteroatoms.